The van der Waals surface area contributed by atoms with Gasteiger partial charge < -0.3 is 19.5 Å². The maximum absolute atomic E-state index is 12.6. The lowest BCUT2D eigenvalue weighted by Crippen LogP contribution is -2.31. The first-order valence-electron chi connectivity index (χ1n) is 26.0. The van der Waals surface area contributed by atoms with E-state index in [4.69, 9.17) is 9.47 Å². The van der Waals surface area contributed by atoms with Crippen LogP contribution in [0.25, 0.3) is 0 Å². The van der Waals surface area contributed by atoms with Gasteiger partial charge in [0.1, 0.15) is 0 Å². The van der Waals surface area contributed by atoms with Gasteiger partial charge in [0.15, 0.2) is 0 Å². The zero-order chi connectivity index (χ0) is 42.6. The lowest BCUT2D eigenvalue weighted by Gasteiger charge is -2.26. The summed E-state index contributed by atoms with van der Waals surface area (Å²) in [6, 6.07) is 0. The predicted octanol–water partition coefficient (Wildman–Crippen LogP) is 15.4. The highest BCUT2D eigenvalue weighted by atomic mass is 16.5. The second kappa shape index (κ2) is 45.4. The molecule has 0 rings (SSSR count). The van der Waals surface area contributed by atoms with Crippen LogP contribution >= 0.6 is 0 Å². The number of aliphatic hydroxyl groups excluding tert-OH is 1. The molecular weight excluding hydrogens is 719 g/mol. The first kappa shape index (κ1) is 56.9. The maximum atomic E-state index is 12.6. The molecule has 0 saturated carbocycles. The Labute approximate surface area is 362 Å². The van der Waals surface area contributed by atoms with E-state index in [1.807, 2.05) is 0 Å². The Kier molecular flexibility index (Phi) is 44.5. The van der Waals surface area contributed by atoms with Crippen molar-refractivity contribution in [2.24, 2.45) is 17.8 Å². The maximum Gasteiger partial charge on any atom is 0.305 e. The van der Waals surface area contributed by atoms with Crippen LogP contribution in [0.3, 0.4) is 0 Å². The summed E-state index contributed by atoms with van der Waals surface area (Å²) in [5.74, 6) is 1.98. The molecule has 3 unspecified atom stereocenters. The fraction of sp³-hybridized carbons (Fsp3) is 0.962. The third-order valence-electron chi connectivity index (χ3n) is 12.6. The van der Waals surface area contributed by atoms with Crippen LogP contribution < -0.4 is 0 Å². The Hall–Kier alpha value is -1.14. The topological polar surface area (TPSA) is 76.1 Å². The van der Waals surface area contributed by atoms with Crippen molar-refractivity contribution >= 4 is 11.9 Å². The van der Waals surface area contributed by atoms with Crippen LogP contribution in [0.15, 0.2) is 0 Å². The molecular formula is C52H103NO5. The minimum Gasteiger partial charge on any atom is -0.466 e. The van der Waals surface area contributed by atoms with Gasteiger partial charge in [0, 0.05) is 26.0 Å². The summed E-state index contributed by atoms with van der Waals surface area (Å²) in [6.45, 7) is 16.2. The van der Waals surface area contributed by atoms with Crippen molar-refractivity contribution < 1.29 is 24.2 Å². The normalized spacial score (nSPS) is 13.2. The first-order chi connectivity index (χ1) is 28.4. The highest BCUT2D eigenvalue weighted by molar-refractivity contribution is 5.69. The van der Waals surface area contributed by atoms with Gasteiger partial charge in [-0.15, -0.1) is 0 Å². The van der Waals surface area contributed by atoms with E-state index in [9.17, 15) is 14.7 Å². The van der Waals surface area contributed by atoms with E-state index in [-0.39, 0.29) is 18.5 Å². The van der Waals surface area contributed by atoms with E-state index in [1.54, 1.807) is 0 Å². The molecule has 0 aliphatic heterocycles. The van der Waals surface area contributed by atoms with Crippen molar-refractivity contribution in [2.45, 2.75) is 266 Å². The Morgan fingerprint density at radius 3 is 1.21 bits per heavy atom. The molecule has 0 aromatic heterocycles. The minimum atomic E-state index is -0.00981. The standard InChI is InChI=1S/C52H103NO5/c1-6-10-14-18-25-36-49(34-23-16-12-8-3)40-45-57-51(55)38-27-20-21-30-42-53(43-31-22-32-44-54)47-48(5)33-28-29-39-52(56)58-46-41-50(35-24-17-13-9-4)37-26-19-15-11-7-2/h48-50,54H,6-47H2,1-5H3. The van der Waals surface area contributed by atoms with Crippen molar-refractivity contribution in [2.75, 3.05) is 39.5 Å². The molecule has 346 valence electrons. The van der Waals surface area contributed by atoms with Gasteiger partial charge in [-0.25, -0.2) is 0 Å². The summed E-state index contributed by atoms with van der Waals surface area (Å²) in [5.41, 5.74) is 0. The summed E-state index contributed by atoms with van der Waals surface area (Å²) in [6.07, 6.45) is 42.7. The average Bonchev–Trinajstić information content (AvgIpc) is 3.21. The number of hydrogen-bond acceptors (Lipinski definition) is 6. The molecule has 0 fully saturated rings. The van der Waals surface area contributed by atoms with Crippen LogP contribution in [-0.4, -0.2) is 61.4 Å². The zero-order valence-electron chi connectivity index (χ0n) is 40.0. The van der Waals surface area contributed by atoms with Crippen molar-refractivity contribution in [1.82, 2.24) is 4.90 Å². The van der Waals surface area contributed by atoms with Gasteiger partial charge in [-0.1, -0.05) is 195 Å². The van der Waals surface area contributed by atoms with Crippen molar-refractivity contribution in [3.8, 4) is 0 Å². The van der Waals surface area contributed by atoms with Gasteiger partial charge in [0.25, 0.3) is 0 Å². The number of carbonyl (C=O) groups excluding carboxylic acids is 2. The SMILES string of the molecule is CCCCCCCC(CCCCCC)CCOC(=O)CCCCCCN(CCCCCO)CC(C)CCCCC(=O)OCCC(CCCCCC)CCCCCCC. The van der Waals surface area contributed by atoms with Gasteiger partial charge in [0.2, 0.25) is 0 Å². The van der Waals surface area contributed by atoms with Crippen molar-refractivity contribution in [3.63, 3.8) is 0 Å². The van der Waals surface area contributed by atoms with Crippen LogP contribution in [-0.2, 0) is 19.1 Å². The van der Waals surface area contributed by atoms with Crippen LogP contribution in [0.4, 0.5) is 0 Å². The molecule has 0 amide bonds. The second-order valence-electron chi connectivity index (χ2n) is 18.5. The van der Waals surface area contributed by atoms with E-state index >= 15 is 0 Å². The average molecular weight is 822 g/mol. The predicted molar refractivity (Wildman–Crippen MR) is 250 cm³/mol. The third kappa shape index (κ3) is 40.3. The molecule has 0 radical (unpaired) electrons. The highest BCUT2D eigenvalue weighted by Crippen LogP contribution is 2.24. The summed E-state index contributed by atoms with van der Waals surface area (Å²) in [5, 5.41) is 9.27. The second-order valence-corrected chi connectivity index (χ2v) is 18.5. The molecule has 6 nitrogen and oxygen atoms in total. The lowest BCUT2D eigenvalue weighted by molar-refractivity contribution is -0.145. The third-order valence-corrected chi connectivity index (χ3v) is 12.6. The largest absolute Gasteiger partial charge is 0.466 e. The van der Waals surface area contributed by atoms with E-state index < -0.39 is 0 Å². The van der Waals surface area contributed by atoms with Gasteiger partial charge in [-0.3, -0.25) is 9.59 Å². The zero-order valence-corrected chi connectivity index (χ0v) is 40.0. The van der Waals surface area contributed by atoms with Crippen LogP contribution in [0, 0.1) is 17.8 Å². The van der Waals surface area contributed by atoms with Crippen LogP contribution in [0.1, 0.15) is 266 Å². The molecule has 0 aliphatic carbocycles. The number of aliphatic hydroxyl groups is 1. The monoisotopic (exact) mass is 822 g/mol. The number of rotatable bonds is 47. The van der Waals surface area contributed by atoms with Gasteiger partial charge in [0.05, 0.1) is 13.2 Å². The van der Waals surface area contributed by atoms with Gasteiger partial charge >= 0.3 is 11.9 Å². The van der Waals surface area contributed by atoms with Crippen LogP contribution in [0.5, 0.6) is 0 Å². The summed E-state index contributed by atoms with van der Waals surface area (Å²) in [4.78, 5) is 27.7. The van der Waals surface area contributed by atoms with E-state index in [0.717, 1.165) is 96.7 Å². The van der Waals surface area contributed by atoms with E-state index in [0.29, 0.717) is 43.8 Å². The minimum absolute atomic E-state index is 0.00872. The van der Waals surface area contributed by atoms with E-state index in [1.165, 1.54) is 141 Å². The molecule has 58 heavy (non-hydrogen) atoms. The molecule has 1 N–H and O–H groups in total. The Bertz CT molecular complexity index is 852. The molecule has 0 bridgehead atoms. The van der Waals surface area contributed by atoms with Crippen molar-refractivity contribution in [3.05, 3.63) is 0 Å². The fourth-order valence-electron chi connectivity index (χ4n) is 8.65. The number of hydrogen-bond donors (Lipinski definition) is 1. The summed E-state index contributed by atoms with van der Waals surface area (Å²) < 4.78 is 11.5. The van der Waals surface area contributed by atoms with Crippen LogP contribution in [0.2, 0.25) is 0 Å². The van der Waals surface area contributed by atoms with Gasteiger partial charge in [-0.05, 0) is 88.6 Å². The number of esters is 2. The molecule has 0 saturated heterocycles. The van der Waals surface area contributed by atoms with Crippen molar-refractivity contribution in [1.29, 1.82) is 0 Å². The summed E-state index contributed by atoms with van der Waals surface area (Å²) in [7, 11) is 0. The number of nitrogens with zero attached hydrogens (tertiary/aromatic N) is 1. The highest BCUT2D eigenvalue weighted by Gasteiger charge is 2.14. The number of unbranched alkanes of at least 4 members (excludes halogenated alkanes) is 20. The summed E-state index contributed by atoms with van der Waals surface area (Å²) >= 11 is 0. The molecule has 0 aliphatic rings. The smallest absolute Gasteiger partial charge is 0.305 e. The first-order valence-corrected chi connectivity index (χ1v) is 26.0. The molecule has 0 heterocycles. The Balaban J connectivity index is 4.39. The van der Waals surface area contributed by atoms with Gasteiger partial charge in [-0.2, -0.15) is 0 Å². The van der Waals surface area contributed by atoms with E-state index in [2.05, 4.69) is 39.5 Å². The molecule has 3 atom stereocenters. The Morgan fingerprint density at radius 1 is 0.431 bits per heavy atom. The number of ether oxygens (including phenoxy) is 2. The molecule has 0 aromatic carbocycles. The number of carbonyl (C=O) groups is 2. The molecule has 6 heteroatoms. The quantitative estimate of drug-likeness (QED) is 0.0487. The lowest BCUT2D eigenvalue weighted by atomic mass is 9.92. The molecule has 0 spiro atoms. The fourth-order valence-corrected chi connectivity index (χ4v) is 8.65. The Morgan fingerprint density at radius 2 is 0.776 bits per heavy atom. The molecule has 0 aromatic rings.